The Balaban J connectivity index is 1.62. The molecule has 2 aromatic rings. The molecule has 1 saturated heterocycles. The molecule has 1 aliphatic rings. The van der Waals surface area contributed by atoms with Crippen LogP contribution in [0.15, 0.2) is 12.1 Å². The number of aryl methyl sites for hydroxylation is 1. The van der Waals surface area contributed by atoms with Gasteiger partial charge in [-0.1, -0.05) is 6.42 Å². The summed E-state index contributed by atoms with van der Waals surface area (Å²) >= 11 is 1.67. The zero-order valence-electron chi connectivity index (χ0n) is 11.9. The van der Waals surface area contributed by atoms with E-state index in [9.17, 15) is 0 Å². The third-order valence-electron chi connectivity index (χ3n) is 3.74. The summed E-state index contributed by atoms with van der Waals surface area (Å²) in [6.45, 7) is 6.08. The van der Waals surface area contributed by atoms with E-state index in [-0.39, 0.29) is 0 Å². The van der Waals surface area contributed by atoms with Crippen LogP contribution in [-0.4, -0.2) is 36.1 Å². The van der Waals surface area contributed by atoms with Gasteiger partial charge in [-0.3, -0.25) is 4.90 Å². The molecule has 0 radical (unpaired) electrons. The molecule has 0 spiro atoms. The van der Waals surface area contributed by atoms with Crippen LogP contribution in [0.1, 0.15) is 24.3 Å². The van der Waals surface area contributed by atoms with Gasteiger partial charge < -0.3 is 10.5 Å². The molecule has 0 saturated carbocycles. The van der Waals surface area contributed by atoms with Crippen molar-refractivity contribution in [2.24, 2.45) is 0 Å². The van der Waals surface area contributed by atoms with Crippen LogP contribution in [0.2, 0.25) is 0 Å². The van der Waals surface area contributed by atoms with Gasteiger partial charge in [-0.25, -0.2) is 4.98 Å². The first kappa shape index (κ1) is 13.6. The number of fused-ring (bicyclic) bond motifs is 1. The topological polar surface area (TPSA) is 51.4 Å². The Morgan fingerprint density at radius 1 is 1.30 bits per heavy atom. The lowest BCUT2D eigenvalue weighted by atomic mass is 10.1. The van der Waals surface area contributed by atoms with E-state index < -0.39 is 0 Å². The van der Waals surface area contributed by atoms with Crippen LogP contribution in [0.25, 0.3) is 10.2 Å². The maximum absolute atomic E-state index is 6.06. The summed E-state index contributed by atoms with van der Waals surface area (Å²) in [5.74, 6) is 0.764. The number of ether oxygens (including phenoxy) is 1. The van der Waals surface area contributed by atoms with E-state index in [2.05, 4.69) is 9.88 Å². The zero-order chi connectivity index (χ0) is 13.9. The third kappa shape index (κ3) is 3.04. The molecule has 1 aromatic heterocycles. The van der Waals surface area contributed by atoms with E-state index in [4.69, 9.17) is 10.5 Å². The molecule has 20 heavy (non-hydrogen) atoms. The first-order chi connectivity index (χ1) is 9.72. The molecule has 0 unspecified atom stereocenters. The average Bonchev–Trinajstić information content (AvgIpc) is 2.79. The van der Waals surface area contributed by atoms with Crippen LogP contribution in [-0.2, 0) is 0 Å². The highest BCUT2D eigenvalue weighted by atomic mass is 32.1. The fraction of sp³-hybridized carbons (Fsp3) is 0.533. The van der Waals surface area contributed by atoms with E-state index in [1.807, 2.05) is 19.1 Å². The Bertz CT molecular complexity index is 590. The fourth-order valence-corrected chi connectivity index (χ4v) is 3.54. The predicted octanol–water partition coefficient (Wildman–Crippen LogP) is 3.05. The number of anilines is 1. The zero-order valence-corrected chi connectivity index (χ0v) is 12.7. The second kappa shape index (κ2) is 5.97. The molecule has 0 atom stereocenters. The van der Waals surface area contributed by atoms with Crippen molar-refractivity contribution < 1.29 is 4.74 Å². The predicted molar refractivity (Wildman–Crippen MR) is 84.6 cm³/mol. The van der Waals surface area contributed by atoms with Gasteiger partial charge in [0.1, 0.15) is 12.4 Å². The van der Waals surface area contributed by atoms with E-state index in [1.165, 1.54) is 32.4 Å². The minimum absolute atomic E-state index is 0.693. The molecule has 1 fully saturated rings. The standard InChI is InChI=1S/C15H21N3OS/c1-11-17-13-10-14(12(16)9-15(13)20-11)19-8-7-18-5-3-2-4-6-18/h9-10H,2-8,16H2,1H3. The molecule has 0 bridgehead atoms. The van der Waals surface area contributed by atoms with Crippen LogP contribution in [0.4, 0.5) is 5.69 Å². The molecule has 0 amide bonds. The number of hydrogen-bond acceptors (Lipinski definition) is 5. The molecule has 1 aliphatic heterocycles. The molecule has 2 N–H and O–H groups in total. The number of hydrogen-bond donors (Lipinski definition) is 1. The number of nitrogens with zero attached hydrogens (tertiary/aromatic N) is 2. The summed E-state index contributed by atoms with van der Waals surface area (Å²) in [5, 5.41) is 1.06. The normalized spacial score (nSPS) is 16.6. The molecular weight excluding hydrogens is 270 g/mol. The van der Waals surface area contributed by atoms with Gasteiger partial charge in [-0.05, 0) is 38.9 Å². The average molecular weight is 291 g/mol. The lowest BCUT2D eigenvalue weighted by Crippen LogP contribution is -2.33. The maximum Gasteiger partial charge on any atom is 0.144 e. The first-order valence-corrected chi connectivity index (χ1v) is 8.06. The molecule has 2 heterocycles. The third-order valence-corrected chi connectivity index (χ3v) is 4.67. The lowest BCUT2D eigenvalue weighted by molar-refractivity contribution is 0.184. The highest BCUT2D eigenvalue weighted by Crippen LogP contribution is 2.31. The molecule has 108 valence electrons. The Kier molecular flexibility index (Phi) is 4.08. The number of aromatic nitrogens is 1. The number of rotatable bonds is 4. The number of nitrogen functional groups attached to an aromatic ring is 1. The number of likely N-dealkylation sites (tertiary alicyclic amines) is 1. The van der Waals surface area contributed by atoms with Gasteiger partial charge in [0.2, 0.25) is 0 Å². The van der Waals surface area contributed by atoms with Crippen molar-refractivity contribution in [3.8, 4) is 5.75 Å². The number of benzene rings is 1. The van der Waals surface area contributed by atoms with E-state index in [0.29, 0.717) is 12.3 Å². The fourth-order valence-electron chi connectivity index (χ4n) is 2.68. The Hall–Kier alpha value is -1.33. The summed E-state index contributed by atoms with van der Waals surface area (Å²) in [7, 11) is 0. The summed E-state index contributed by atoms with van der Waals surface area (Å²) < 4.78 is 6.98. The Labute approximate surface area is 123 Å². The van der Waals surface area contributed by atoms with Gasteiger partial charge in [0.25, 0.3) is 0 Å². The van der Waals surface area contributed by atoms with Gasteiger partial charge in [-0.2, -0.15) is 0 Å². The minimum Gasteiger partial charge on any atom is -0.490 e. The van der Waals surface area contributed by atoms with Crippen molar-refractivity contribution in [3.63, 3.8) is 0 Å². The van der Waals surface area contributed by atoms with Crippen molar-refractivity contribution in [1.29, 1.82) is 0 Å². The van der Waals surface area contributed by atoms with E-state index >= 15 is 0 Å². The number of piperidine rings is 1. The molecule has 0 aliphatic carbocycles. The van der Waals surface area contributed by atoms with Crippen LogP contribution >= 0.6 is 11.3 Å². The Morgan fingerprint density at radius 3 is 2.90 bits per heavy atom. The summed E-state index contributed by atoms with van der Waals surface area (Å²) in [6.07, 6.45) is 3.99. The second-order valence-electron chi connectivity index (χ2n) is 5.34. The van der Waals surface area contributed by atoms with Crippen LogP contribution in [0, 0.1) is 6.92 Å². The van der Waals surface area contributed by atoms with Gasteiger partial charge in [0, 0.05) is 12.6 Å². The molecule has 5 heteroatoms. The van der Waals surface area contributed by atoms with Crippen LogP contribution in [0.3, 0.4) is 0 Å². The van der Waals surface area contributed by atoms with Gasteiger partial charge in [0.15, 0.2) is 0 Å². The molecular formula is C15H21N3OS. The van der Waals surface area contributed by atoms with Crippen molar-refractivity contribution in [1.82, 2.24) is 9.88 Å². The summed E-state index contributed by atoms with van der Waals surface area (Å²) in [5.41, 5.74) is 7.74. The van der Waals surface area contributed by atoms with Crippen molar-refractivity contribution in [2.45, 2.75) is 26.2 Å². The first-order valence-electron chi connectivity index (χ1n) is 7.24. The van der Waals surface area contributed by atoms with Crippen molar-refractivity contribution >= 4 is 27.2 Å². The van der Waals surface area contributed by atoms with Crippen LogP contribution in [0.5, 0.6) is 5.75 Å². The van der Waals surface area contributed by atoms with Gasteiger partial charge in [0.05, 0.1) is 20.9 Å². The van der Waals surface area contributed by atoms with Crippen molar-refractivity contribution in [2.75, 3.05) is 32.0 Å². The molecule has 4 nitrogen and oxygen atoms in total. The van der Waals surface area contributed by atoms with Gasteiger partial charge in [-0.15, -0.1) is 11.3 Å². The Morgan fingerprint density at radius 2 is 2.10 bits per heavy atom. The molecule has 1 aromatic carbocycles. The highest BCUT2D eigenvalue weighted by molar-refractivity contribution is 7.18. The maximum atomic E-state index is 6.06. The summed E-state index contributed by atoms with van der Waals surface area (Å²) in [6, 6.07) is 3.93. The monoisotopic (exact) mass is 291 g/mol. The van der Waals surface area contributed by atoms with E-state index in [1.54, 1.807) is 11.3 Å². The summed E-state index contributed by atoms with van der Waals surface area (Å²) in [4.78, 5) is 6.95. The lowest BCUT2D eigenvalue weighted by Gasteiger charge is -2.26. The number of nitrogens with two attached hydrogens (primary N) is 1. The van der Waals surface area contributed by atoms with E-state index in [0.717, 1.165) is 27.5 Å². The van der Waals surface area contributed by atoms with Gasteiger partial charge >= 0.3 is 0 Å². The minimum atomic E-state index is 0.693. The highest BCUT2D eigenvalue weighted by Gasteiger charge is 2.11. The largest absolute Gasteiger partial charge is 0.490 e. The van der Waals surface area contributed by atoms with Crippen molar-refractivity contribution in [3.05, 3.63) is 17.1 Å². The SMILES string of the molecule is Cc1nc2cc(OCCN3CCCCC3)c(N)cc2s1. The second-order valence-corrected chi connectivity index (χ2v) is 6.58. The number of thiazole rings is 1. The molecule has 3 rings (SSSR count). The smallest absolute Gasteiger partial charge is 0.144 e. The quantitative estimate of drug-likeness (QED) is 0.880. The van der Waals surface area contributed by atoms with Crippen LogP contribution < -0.4 is 10.5 Å².